The summed E-state index contributed by atoms with van der Waals surface area (Å²) in [5.74, 6) is 0. The average Bonchev–Trinajstić information content (AvgIpc) is 2.82. The number of rotatable bonds is 2. The molecule has 4 heteroatoms. The molecule has 0 aromatic heterocycles. The molecular weight excluding hydrogens is 295 g/mol. The molecule has 3 atom stereocenters. The highest BCUT2D eigenvalue weighted by atomic mass is 35.5. The Morgan fingerprint density at radius 1 is 0.950 bits per heavy atom. The van der Waals surface area contributed by atoms with E-state index in [-0.39, 0.29) is 18.5 Å². The molecule has 2 nitrogen and oxygen atoms in total. The number of benzene rings is 2. The smallest absolute Gasteiger partial charge is 0.185 e. The Morgan fingerprint density at radius 2 is 1.70 bits per heavy atom. The maximum Gasteiger partial charge on any atom is 0.185 e. The number of hydrogen-bond donors (Lipinski definition) is 0. The third kappa shape index (κ3) is 2.70. The van der Waals surface area contributed by atoms with Gasteiger partial charge in [-0.2, -0.15) is 0 Å². The fraction of sp³-hybridized carbons (Fsp3) is 0.250. The summed E-state index contributed by atoms with van der Waals surface area (Å²) in [7, 11) is 0. The van der Waals surface area contributed by atoms with E-state index in [4.69, 9.17) is 32.7 Å². The normalized spacial score (nSPS) is 25.9. The highest BCUT2D eigenvalue weighted by Crippen LogP contribution is 2.42. The summed E-state index contributed by atoms with van der Waals surface area (Å²) in [5, 5.41) is 1.22. The van der Waals surface area contributed by atoms with Crippen LogP contribution in [0.3, 0.4) is 0 Å². The zero-order valence-electron chi connectivity index (χ0n) is 10.9. The van der Waals surface area contributed by atoms with Gasteiger partial charge in [-0.15, -0.1) is 0 Å². The fourth-order valence-electron chi connectivity index (χ4n) is 2.37. The lowest BCUT2D eigenvalue weighted by Crippen LogP contribution is -2.10. The molecule has 3 rings (SSSR count). The second kappa shape index (κ2) is 5.74. The van der Waals surface area contributed by atoms with Crippen molar-refractivity contribution < 1.29 is 9.47 Å². The summed E-state index contributed by atoms with van der Waals surface area (Å²) in [5.41, 5.74) is 1.91. The molecule has 104 valence electrons. The molecule has 0 saturated carbocycles. The molecule has 0 bridgehead atoms. The molecule has 1 aliphatic rings. The average molecular weight is 309 g/mol. The summed E-state index contributed by atoms with van der Waals surface area (Å²) in [4.78, 5) is 0. The molecule has 1 fully saturated rings. The van der Waals surface area contributed by atoms with Crippen LogP contribution < -0.4 is 0 Å². The fourth-order valence-corrected chi connectivity index (χ4v) is 2.88. The Hall–Kier alpha value is -1.06. The van der Waals surface area contributed by atoms with Crippen molar-refractivity contribution in [3.05, 3.63) is 69.7 Å². The standard InChI is InChI=1S/C16H14Cl2O2/c1-10-15(13-8-7-12(17)9-14(13)18)20-16(19-10)11-5-3-2-4-6-11/h2-10,15-16H,1H3/t10-,15+,16?/m0/s1. The number of hydrogen-bond acceptors (Lipinski definition) is 2. The minimum atomic E-state index is -0.358. The first-order chi connectivity index (χ1) is 9.65. The predicted octanol–water partition coefficient (Wildman–Crippen LogP) is 5.17. The second-order valence-electron chi connectivity index (χ2n) is 4.81. The highest BCUT2D eigenvalue weighted by Gasteiger charge is 2.35. The maximum atomic E-state index is 6.25. The molecule has 20 heavy (non-hydrogen) atoms. The van der Waals surface area contributed by atoms with Crippen LogP contribution in [-0.2, 0) is 9.47 Å². The van der Waals surface area contributed by atoms with Crippen LogP contribution in [0.5, 0.6) is 0 Å². The Balaban J connectivity index is 1.85. The van der Waals surface area contributed by atoms with Gasteiger partial charge in [0.15, 0.2) is 6.29 Å². The molecule has 0 radical (unpaired) electrons. The molecule has 1 unspecified atom stereocenters. The van der Waals surface area contributed by atoms with E-state index in [1.165, 1.54) is 0 Å². The van der Waals surface area contributed by atoms with Crippen LogP contribution in [0.2, 0.25) is 10.0 Å². The number of halogens is 2. The van der Waals surface area contributed by atoms with Crippen molar-refractivity contribution in [2.24, 2.45) is 0 Å². The van der Waals surface area contributed by atoms with Crippen LogP contribution in [0, 0.1) is 0 Å². The molecule has 1 heterocycles. The van der Waals surface area contributed by atoms with Gasteiger partial charge in [0.1, 0.15) is 6.10 Å². The first-order valence-electron chi connectivity index (χ1n) is 6.46. The van der Waals surface area contributed by atoms with Gasteiger partial charge in [0, 0.05) is 21.2 Å². The van der Waals surface area contributed by atoms with Crippen molar-refractivity contribution >= 4 is 23.2 Å². The summed E-state index contributed by atoms with van der Waals surface area (Å²) in [6.45, 7) is 1.98. The van der Waals surface area contributed by atoms with Gasteiger partial charge < -0.3 is 9.47 Å². The first kappa shape index (κ1) is 13.9. The molecule has 0 spiro atoms. The minimum Gasteiger partial charge on any atom is -0.342 e. The SMILES string of the molecule is C[C@@H]1OC(c2ccccc2)O[C@H]1c1ccc(Cl)cc1Cl. The highest BCUT2D eigenvalue weighted by molar-refractivity contribution is 6.35. The van der Waals surface area contributed by atoms with Gasteiger partial charge in [0.25, 0.3) is 0 Å². The first-order valence-corrected chi connectivity index (χ1v) is 7.21. The largest absolute Gasteiger partial charge is 0.342 e. The van der Waals surface area contributed by atoms with Crippen molar-refractivity contribution in [1.29, 1.82) is 0 Å². The molecule has 0 amide bonds. The van der Waals surface area contributed by atoms with Gasteiger partial charge in [-0.05, 0) is 19.1 Å². The van der Waals surface area contributed by atoms with E-state index in [2.05, 4.69) is 0 Å². The van der Waals surface area contributed by atoms with Gasteiger partial charge in [-0.1, -0.05) is 59.6 Å². The van der Waals surface area contributed by atoms with Crippen molar-refractivity contribution in [2.75, 3.05) is 0 Å². The molecule has 0 N–H and O–H groups in total. The molecule has 0 aliphatic carbocycles. The number of ether oxygens (including phenoxy) is 2. The zero-order chi connectivity index (χ0) is 14.1. The van der Waals surface area contributed by atoms with Gasteiger partial charge in [0.05, 0.1) is 6.10 Å². The monoisotopic (exact) mass is 308 g/mol. The quantitative estimate of drug-likeness (QED) is 0.762. The van der Waals surface area contributed by atoms with E-state index in [1.807, 2.05) is 49.4 Å². The van der Waals surface area contributed by atoms with Crippen LogP contribution in [0.4, 0.5) is 0 Å². The van der Waals surface area contributed by atoms with Gasteiger partial charge in [-0.25, -0.2) is 0 Å². The minimum absolute atomic E-state index is 0.0705. The van der Waals surface area contributed by atoms with E-state index < -0.39 is 0 Å². The second-order valence-corrected chi connectivity index (χ2v) is 5.65. The Morgan fingerprint density at radius 3 is 2.40 bits per heavy atom. The topological polar surface area (TPSA) is 18.5 Å². The molecule has 1 saturated heterocycles. The van der Waals surface area contributed by atoms with Gasteiger partial charge in [0.2, 0.25) is 0 Å². The summed E-state index contributed by atoms with van der Waals surface area (Å²) in [6.07, 6.45) is -0.619. The maximum absolute atomic E-state index is 6.25. The van der Waals surface area contributed by atoms with Crippen LogP contribution in [0.25, 0.3) is 0 Å². The summed E-state index contributed by atoms with van der Waals surface area (Å²) >= 11 is 12.2. The summed E-state index contributed by atoms with van der Waals surface area (Å²) < 4.78 is 11.9. The lowest BCUT2D eigenvalue weighted by molar-refractivity contribution is -0.0676. The van der Waals surface area contributed by atoms with Crippen LogP contribution in [0.15, 0.2) is 48.5 Å². The predicted molar refractivity (Wildman–Crippen MR) is 80.0 cm³/mol. The molecule has 2 aromatic carbocycles. The van der Waals surface area contributed by atoms with E-state index in [9.17, 15) is 0 Å². The molecule has 2 aromatic rings. The molecule has 1 aliphatic heterocycles. The van der Waals surface area contributed by atoms with Crippen LogP contribution in [-0.4, -0.2) is 6.10 Å². The Kier molecular flexibility index (Phi) is 3.99. The Bertz CT molecular complexity index is 601. The van der Waals surface area contributed by atoms with Crippen molar-refractivity contribution in [1.82, 2.24) is 0 Å². The van der Waals surface area contributed by atoms with Crippen LogP contribution in [0.1, 0.15) is 30.4 Å². The van der Waals surface area contributed by atoms with Crippen molar-refractivity contribution in [2.45, 2.75) is 25.4 Å². The zero-order valence-corrected chi connectivity index (χ0v) is 12.4. The van der Waals surface area contributed by atoms with Gasteiger partial charge >= 0.3 is 0 Å². The van der Waals surface area contributed by atoms with Crippen LogP contribution >= 0.6 is 23.2 Å². The van der Waals surface area contributed by atoms with E-state index in [0.717, 1.165) is 11.1 Å². The van der Waals surface area contributed by atoms with Crippen molar-refractivity contribution in [3.63, 3.8) is 0 Å². The molecular formula is C16H14Cl2O2. The van der Waals surface area contributed by atoms with Gasteiger partial charge in [-0.3, -0.25) is 0 Å². The third-order valence-electron chi connectivity index (χ3n) is 3.38. The van der Waals surface area contributed by atoms with E-state index in [0.29, 0.717) is 10.0 Å². The Labute approximate surface area is 128 Å². The third-order valence-corrected chi connectivity index (χ3v) is 3.94. The van der Waals surface area contributed by atoms with Crippen molar-refractivity contribution in [3.8, 4) is 0 Å². The lowest BCUT2D eigenvalue weighted by Gasteiger charge is -2.15. The lowest BCUT2D eigenvalue weighted by atomic mass is 10.1. The summed E-state index contributed by atoms with van der Waals surface area (Å²) in [6, 6.07) is 15.3. The van der Waals surface area contributed by atoms with E-state index >= 15 is 0 Å². The van der Waals surface area contributed by atoms with E-state index in [1.54, 1.807) is 6.07 Å².